The quantitative estimate of drug-likeness (QED) is 0.738. The lowest BCUT2D eigenvalue weighted by atomic mass is 10.2. The molecule has 130 valence electrons. The molecule has 0 radical (unpaired) electrons. The van der Waals surface area contributed by atoms with E-state index in [0.717, 1.165) is 35.9 Å². The van der Waals surface area contributed by atoms with Crippen LogP contribution in [0, 0.1) is 0 Å². The van der Waals surface area contributed by atoms with E-state index in [1.54, 1.807) is 28.9 Å². The maximum atomic E-state index is 13.0. The Labute approximate surface area is 152 Å². The number of nitrogens with zero attached hydrogens (tertiary/aromatic N) is 3. The number of likely N-dealkylation sites (tertiary alicyclic amines) is 1. The predicted octanol–water partition coefficient (Wildman–Crippen LogP) is 4.24. The maximum Gasteiger partial charge on any atom is 0.266 e. The highest BCUT2D eigenvalue weighted by Crippen LogP contribution is 2.22. The van der Waals surface area contributed by atoms with Crippen molar-refractivity contribution in [2.75, 3.05) is 13.1 Å². The molecule has 1 amide bonds. The van der Waals surface area contributed by atoms with E-state index in [4.69, 9.17) is 0 Å². The highest BCUT2D eigenvalue weighted by molar-refractivity contribution is 7.13. The summed E-state index contributed by atoms with van der Waals surface area (Å²) in [6.45, 7) is 8.11. The summed E-state index contributed by atoms with van der Waals surface area (Å²) in [4.78, 5) is 22.7. The van der Waals surface area contributed by atoms with Crippen molar-refractivity contribution in [3.8, 4) is 0 Å². The molecule has 0 N–H and O–H groups in total. The van der Waals surface area contributed by atoms with Crippen LogP contribution in [-0.2, 0) is 13.1 Å². The number of hydrogen-bond donors (Lipinski definition) is 0. The van der Waals surface area contributed by atoms with Gasteiger partial charge < -0.3 is 4.90 Å². The lowest BCUT2D eigenvalue weighted by molar-refractivity contribution is 0.0676. The summed E-state index contributed by atoms with van der Waals surface area (Å²) in [7, 11) is 0. The zero-order valence-corrected chi connectivity index (χ0v) is 16.0. The Morgan fingerprint density at radius 1 is 1.42 bits per heavy atom. The largest absolute Gasteiger partial charge is 0.331 e. The molecule has 1 aliphatic rings. The first kappa shape index (κ1) is 17.6. The fourth-order valence-corrected chi connectivity index (χ4v) is 4.56. The van der Waals surface area contributed by atoms with Gasteiger partial charge in [-0.1, -0.05) is 6.92 Å². The smallest absolute Gasteiger partial charge is 0.266 e. The van der Waals surface area contributed by atoms with E-state index >= 15 is 0 Å². The Hall–Kier alpha value is -1.24. The molecule has 24 heavy (non-hydrogen) atoms. The third kappa shape index (κ3) is 4.23. The van der Waals surface area contributed by atoms with Crippen LogP contribution in [0.2, 0.25) is 0 Å². The van der Waals surface area contributed by atoms with Crippen LogP contribution in [0.25, 0.3) is 0 Å². The Balaban J connectivity index is 1.70. The first-order chi connectivity index (χ1) is 11.7. The molecule has 0 saturated carbocycles. The number of carbonyl (C=O) groups excluding carboxylic acids is 1. The van der Waals surface area contributed by atoms with Gasteiger partial charge in [-0.2, -0.15) is 11.3 Å². The molecule has 0 aliphatic carbocycles. The number of thiophene rings is 1. The minimum Gasteiger partial charge on any atom is -0.331 e. The first-order valence-corrected chi connectivity index (χ1v) is 10.4. The topological polar surface area (TPSA) is 36.4 Å². The number of carbonyl (C=O) groups is 1. The molecule has 6 heteroatoms. The Kier molecular flexibility index (Phi) is 6.03. The second-order valence-electron chi connectivity index (χ2n) is 6.42. The van der Waals surface area contributed by atoms with Crippen molar-refractivity contribution < 1.29 is 4.79 Å². The van der Waals surface area contributed by atoms with Crippen molar-refractivity contribution in [3.63, 3.8) is 0 Å². The van der Waals surface area contributed by atoms with Crippen molar-refractivity contribution >= 4 is 28.6 Å². The van der Waals surface area contributed by atoms with E-state index in [9.17, 15) is 4.79 Å². The highest BCUT2D eigenvalue weighted by Gasteiger charge is 2.23. The molecule has 0 spiro atoms. The molecular formula is C18H25N3OS2. The zero-order valence-electron chi connectivity index (χ0n) is 14.4. The normalized spacial score (nSPS) is 16.4. The van der Waals surface area contributed by atoms with Gasteiger partial charge in [0, 0.05) is 12.6 Å². The van der Waals surface area contributed by atoms with Crippen LogP contribution in [0.5, 0.6) is 0 Å². The van der Waals surface area contributed by atoms with Crippen molar-refractivity contribution in [2.24, 2.45) is 0 Å². The maximum absolute atomic E-state index is 13.0. The Bertz CT molecular complexity index is 647. The van der Waals surface area contributed by atoms with Gasteiger partial charge in [0.15, 0.2) is 0 Å². The third-order valence-corrected chi connectivity index (χ3v) is 6.34. The summed E-state index contributed by atoms with van der Waals surface area (Å²) in [5.74, 6) is 0.112. The summed E-state index contributed by atoms with van der Waals surface area (Å²) in [5, 5.41) is 5.24. The molecule has 1 fully saturated rings. The molecule has 0 aromatic carbocycles. The number of rotatable bonds is 7. The molecule has 2 aromatic heterocycles. The van der Waals surface area contributed by atoms with Gasteiger partial charge in [-0.3, -0.25) is 9.69 Å². The molecule has 1 saturated heterocycles. The standard InChI is InChI=1S/C18H25N3OS2/c1-3-14(2)21(11-15-6-9-23-13-15)18(22)16-10-19-17(24-16)12-20-7-4-5-8-20/h6,9-10,13-14H,3-5,7-8,11-12H2,1-2H3. The van der Waals surface area contributed by atoms with E-state index in [1.165, 1.54) is 18.4 Å². The molecule has 1 aliphatic heterocycles. The zero-order chi connectivity index (χ0) is 16.9. The van der Waals surface area contributed by atoms with Gasteiger partial charge in [-0.15, -0.1) is 11.3 Å². The minimum absolute atomic E-state index is 0.112. The van der Waals surface area contributed by atoms with Gasteiger partial charge in [-0.25, -0.2) is 4.98 Å². The van der Waals surface area contributed by atoms with Crippen LogP contribution in [0.15, 0.2) is 23.0 Å². The summed E-state index contributed by atoms with van der Waals surface area (Å²) in [6.07, 6.45) is 5.27. The summed E-state index contributed by atoms with van der Waals surface area (Å²) < 4.78 is 0. The van der Waals surface area contributed by atoms with Crippen LogP contribution in [-0.4, -0.2) is 39.8 Å². The summed E-state index contributed by atoms with van der Waals surface area (Å²) >= 11 is 3.23. The van der Waals surface area contributed by atoms with Gasteiger partial charge >= 0.3 is 0 Å². The molecule has 4 nitrogen and oxygen atoms in total. The molecule has 1 unspecified atom stereocenters. The monoisotopic (exact) mass is 363 g/mol. The third-order valence-electron chi connectivity index (χ3n) is 4.64. The average Bonchev–Trinajstić information content (AvgIpc) is 3.34. The fraction of sp³-hybridized carbons (Fsp3) is 0.556. The Morgan fingerprint density at radius 3 is 2.88 bits per heavy atom. The predicted molar refractivity (Wildman–Crippen MR) is 101 cm³/mol. The van der Waals surface area contributed by atoms with E-state index in [0.29, 0.717) is 6.54 Å². The SMILES string of the molecule is CCC(C)N(Cc1ccsc1)C(=O)c1cnc(CN2CCCC2)s1. The van der Waals surface area contributed by atoms with Crippen molar-refractivity contribution in [1.82, 2.24) is 14.8 Å². The van der Waals surface area contributed by atoms with Crippen LogP contribution in [0.1, 0.15) is 53.4 Å². The number of amides is 1. The molecule has 3 rings (SSSR count). The van der Waals surface area contributed by atoms with Gasteiger partial charge in [-0.05, 0) is 61.7 Å². The molecule has 1 atom stereocenters. The fourth-order valence-electron chi connectivity index (χ4n) is 2.98. The first-order valence-electron chi connectivity index (χ1n) is 8.66. The molecular weight excluding hydrogens is 338 g/mol. The lowest BCUT2D eigenvalue weighted by Gasteiger charge is -2.27. The highest BCUT2D eigenvalue weighted by atomic mass is 32.1. The van der Waals surface area contributed by atoms with Crippen LogP contribution >= 0.6 is 22.7 Å². The Morgan fingerprint density at radius 2 is 2.21 bits per heavy atom. The second kappa shape index (κ2) is 8.23. The van der Waals surface area contributed by atoms with E-state index in [-0.39, 0.29) is 11.9 Å². The van der Waals surface area contributed by atoms with Crippen LogP contribution in [0.4, 0.5) is 0 Å². The minimum atomic E-state index is 0.112. The van der Waals surface area contributed by atoms with E-state index in [2.05, 4.69) is 40.6 Å². The van der Waals surface area contributed by atoms with Gasteiger partial charge in [0.05, 0.1) is 12.7 Å². The number of hydrogen-bond acceptors (Lipinski definition) is 5. The van der Waals surface area contributed by atoms with Crippen molar-refractivity contribution in [3.05, 3.63) is 38.5 Å². The average molecular weight is 364 g/mol. The summed E-state index contributed by atoms with van der Waals surface area (Å²) in [6, 6.07) is 2.32. The van der Waals surface area contributed by atoms with Gasteiger partial charge in [0.25, 0.3) is 5.91 Å². The molecule has 3 heterocycles. The van der Waals surface area contributed by atoms with Crippen molar-refractivity contribution in [2.45, 2.75) is 52.2 Å². The van der Waals surface area contributed by atoms with Crippen molar-refractivity contribution in [1.29, 1.82) is 0 Å². The lowest BCUT2D eigenvalue weighted by Crippen LogP contribution is -2.37. The number of thiazole rings is 1. The molecule has 2 aromatic rings. The van der Waals surface area contributed by atoms with E-state index < -0.39 is 0 Å². The number of aromatic nitrogens is 1. The molecule has 0 bridgehead atoms. The second-order valence-corrected chi connectivity index (χ2v) is 8.32. The van der Waals surface area contributed by atoms with Gasteiger partial charge in [0.2, 0.25) is 0 Å². The van der Waals surface area contributed by atoms with Crippen LogP contribution < -0.4 is 0 Å². The summed E-state index contributed by atoms with van der Waals surface area (Å²) in [5.41, 5.74) is 1.20. The van der Waals surface area contributed by atoms with Crippen LogP contribution in [0.3, 0.4) is 0 Å². The van der Waals surface area contributed by atoms with E-state index in [1.807, 2.05) is 4.90 Å². The van der Waals surface area contributed by atoms with Gasteiger partial charge in [0.1, 0.15) is 9.88 Å².